The zero-order chi connectivity index (χ0) is 13.7. The smallest absolute Gasteiger partial charge is 0.234 e. The van der Waals surface area contributed by atoms with E-state index in [1.807, 2.05) is 0 Å². The van der Waals surface area contributed by atoms with Crippen LogP contribution in [0.25, 0.3) is 0 Å². The van der Waals surface area contributed by atoms with E-state index in [9.17, 15) is 9.18 Å². The summed E-state index contributed by atoms with van der Waals surface area (Å²) in [6.45, 7) is 1.40. The van der Waals surface area contributed by atoms with E-state index in [0.717, 1.165) is 12.8 Å². The zero-order valence-electron chi connectivity index (χ0n) is 11.4. The molecule has 0 bridgehead atoms. The average Bonchev–Trinajstić information content (AvgIpc) is 3.16. The van der Waals surface area contributed by atoms with E-state index in [4.69, 9.17) is 4.74 Å². The third kappa shape index (κ3) is 4.16. The maximum Gasteiger partial charge on any atom is 0.234 e. The van der Waals surface area contributed by atoms with E-state index >= 15 is 0 Å². The lowest BCUT2D eigenvalue weighted by Crippen LogP contribution is -2.41. The molecule has 1 saturated carbocycles. The largest absolute Gasteiger partial charge is 0.383 e. The Balaban J connectivity index is 0.00000200. The van der Waals surface area contributed by atoms with Crippen LogP contribution in [0.2, 0.25) is 0 Å². The van der Waals surface area contributed by atoms with Crippen molar-refractivity contribution in [1.29, 1.82) is 0 Å². The molecule has 0 spiro atoms. The van der Waals surface area contributed by atoms with Crippen LogP contribution in [-0.4, -0.2) is 32.7 Å². The fraction of sp³-hybridized carbons (Fsp3) is 0.500. The van der Waals surface area contributed by atoms with Gasteiger partial charge >= 0.3 is 0 Å². The second-order valence-electron chi connectivity index (χ2n) is 4.78. The van der Waals surface area contributed by atoms with Gasteiger partial charge in [-0.3, -0.25) is 4.79 Å². The van der Waals surface area contributed by atoms with Gasteiger partial charge in [-0.05, 0) is 18.9 Å². The summed E-state index contributed by atoms with van der Waals surface area (Å²) >= 11 is 0. The Morgan fingerprint density at radius 2 is 2.10 bits per heavy atom. The highest BCUT2D eigenvalue weighted by Crippen LogP contribution is 2.46. The van der Waals surface area contributed by atoms with Crippen LogP contribution < -0.4 is 10.6 Å². The number of nitrogens with one attached hydrogen (secondary N) is 2. The lowest BCUT2D eigenvalue weighted by atomic mass is 10.0. The van der Waals surface area contributed by atoms with Gasteiger partial charge in [-0.15, -0.1) is 12.4 Å². The number of hydrogen-bond donors (Lipinski definition) is 2. The molecule has 1 aromatic rings. The van der Waals surface area contributed by atoms with Crippen molar-refractivity contribution in [3.05, 3.63) is 35.6 Å². The van der Waals surface area contributed by atoms with E-state index in [-0.39, 0.29) is 30.7 Å². The molecule has 6 heteroatoms. The van der Waals surface area contributed by atoms with Crippen LogP contribution in [0.1, 0.15) is 18.4 Å². The minimum Gasteiger partial charge on any atom is -0.383 e. The molecule has 0 heterocycles. The molecule has 0 radical (unpaired) electrons. The number of rotatable bonds is 7. The molecule has 1 amide bonds. The third-order valence-corrected chi connectivity index (χ3v) is 3.29. The molecule has 112 valence electrons. The minimum absolute atomic E-state index is 0. The summed E-state index contributed by atoms with van der Waals surface area (Å²) in [5.74, 6) is -0.371. The highest BCUT2D eigenvalue weighted by atomic mass is 35.5. The van der Waals surface area contributed by atoms with Crippen molar-refractivity contribution in [3.8, 4) is 0 Å². The first-order valence-electron chi connectivity index (χ1n) is 6.44. The van der Waals surface area contributed by atoms with Crippen LogP contribution >= 0.6 is 12.4 Å². The second kappa shape index (κ2) is 7.57. The number of amides is 1. The molecule has 0 aliphatic heterocycles. The maximum atomic E-state index is 13.7. The van der Waals surface area contributed by atoms with Crippen molar-refractivity contribution < 1.29 is 13.9 Å². The van der Waals surface area contributed by atoms with Crippen LogP contribution in [0, 0.1) is 5.82 Å². The SMILES string of the molecule is COCCNCC(=O)NC1(c2ccccc2F)CC1.Cl. The van der Waals surface area contributed by atoms with Crippen molar-refractivity contribution in [3.63, 3.8) is 0 Å². The fourth-order valence-corrected chi connectivity index (χ4v) is 2.12. The van der Waals surface area contributed by atoms with Gasteiger partial charge in [-0.1, -0.05) is 18.2 Å². The van der Waals surface area contributed by atoms with Crippen LogP contribution in [-0.2, 0) is 15.1 Å². The average molecular weight is 303 g/mol. The number of benzene rings is 1. The molecular weight excluding hydrogens is 283 g/mol. The van der Waals surface area contributed by atoms with Crippen LogP contribution in [0.3, 0.4) is 0 Å². The second-order valence-corrected chi connectivity index (χ2v) is 4.78. The van der Waals surface area contributed by atoms with Crippen molar-refractivity contribution in [1.82, 2.24) is 10.6 Å². The first-order chi connectivity index (χ1) is 9.18. The third-order valence-electron chi connectivity index (χ3n) is 3.29. The van der Waals surface area contributed by atoms with Gasteiger partial charge in [0.2, 0.25) is 5.91 Å². The summed E-state index contributed by atoms with van der Waals surface area (Å²) in [4.78, 5) is 11.8. The monoisotopic (exact) mass is 302 g/mol. The highest BCUT2D eigenvalue weighted by molar-refractivity contribution is 5.85. The van der Waals surface area contributed by atoms with Gasteiger partial charge in [0, 0.05) is 19.2 Å². The molecule has 2 rings (SSSR count). The Morgan fingerprint density at radius 1 is 1.40 bits per heavy atom. The predicted molar refractivity (Wildman–Crippen MR) is 77.4 cm³/mol. The molecule has 0 aromatic heterocycles. The van der Waals surface area contributed by atoms with Crippen LogP contribution in [0.15, 0.2) is 24.3 Å². The van der Waals surface area contributed by atoms with Gasteiger partial charge in [0.15, 0.2) is 0 Å². The summed E-state index contributed by atoms with van der Waals surface area (Å²) in [5, 5.41) is 5.89. The van der Waals surface area contributed by atoms with E-state index < -0.39 is 5.54 Å². The Morgan fingerprint density at radius 3 is 2.70 bits per heavy atom. The minimum atomic E-state index is -0.495. The van der Waals surface area contributed by atoms with Gasteiger partial charge in [-0.25, -0.2) is 4.39 Å². The molecule has 0 unspecified atom stereocenters. The Kier molecular flexibility index (Phi) is 6.39. The highest BCUT2D eigenvalue weighted by Gasteiger charge is 2.47. The molecule has 0 atom stereocenters. The summed E-state index contributed by atoms with van der Waals surface area (Å²) < 4.78 is 18.6. The van der Waals surface area contributed by atoms with Crippen molar-refractivity contribution in [2.75, 3.05) is 26.8 Å². The van der Waals surface area contributed by atoms with E-state index in [1.165, 1.54) is 6.07 Å². The first kappa shape index (κ1) is 16.9. The Bertz CT molecular complexity index is 453. The Hall–Kier alpha value is -1.17. The van der Waals surface area contributed by atoms with Crippen LogP contribution in [0.5, 0.6) is 0 Å². The molecule has 0 saturated heterocycles. The molecule has 1 aliphatic rings. The molecule has 2 N–H and O–H groups in total. The topological polar surface area (TPSA) is 50.4 Å². The first-order valence-corrected chi connectivity index (χ1v) is 6.44. The van der Waals surface area contributed by atoms with Gasteiger partial charge in [-0.2, -0.15) is 0 Å². The molecule has 20 heavy (non-hydrogen) atoms. The normalized spacial score (nSPS) is 15.3. The number of ether oxygens (including phenoxy) is 1. The lowest BCUT2D eigenvalue weighted by Gasteiger charge is -2.18. The molecule has 1 fully saturated rings. The summed E-state index contributed by atoms with van der Waals surface area (Å²) in [5.41, 5.74) is 0.0889. The zero-order valence-corrected chi connectivity index (χ0v) is 12.3. The van der Waals surface area contributed by atoms with Gasteiger partial charge in [0.25, 0.3) is 0 Å². The number of halogens is 2. The summed E-state index contributed by atoms with van der Waals surface area (Å²) in [6, 6.07) is 6.61. The van der Waals surface area contributed by atoms with Crippen LogP contribution in [0.4, 0.5) is 4.39 Å². The number of methoxy groups -OCH3 is 1. The maximum absolute atomic E-state index is 13.7. The van der Waals surface area contributed by atoms with Crippen molar-refractivity contribution in [2.45, 2.75) is 18.4 Å². The summed E-state index contributed by atoms with van der Waals surface area (Å²) in [7, 11) is 1.61. The quantitative estimate of drug-likeness (QED) is 0.752. The van der Waals surface area contributed by atoms with Gasteiger partial charge in [0.1, 0.15) is 5.82 Å². The fourth-order valence-electron chi connectivity index (χ4n) is 2.12. The number of carbonyl (C=O) groups excluding carboxylic acids is 1. The van der Waals surface area contributed by atoms with E-state index in [2.05, 4.69) is 10.6 Å². The molecular formula is C14H20ClFN2O2. The standard InChI is InChI=1S/C14H19FN2O2.ClH/c1-19-9-8-16-10-13(18)17-14(6-7-14)11-4-2-3-5-12(11)15;/h2-5,16H,6-10H2,1H3,(H,17,18);1H. The van der Waals surface area contributed by atoms with Crippen molar-refractivity contribution >= 4 is 18.3 Å². The van der Waals surface area contributed by atoms with Gasteiger partial charge in [0.05, 0.1) is 18.7 Å². The van der Waals surface area contributed by atoms with Crippen molar-refractivity contribution in [2.24, 2.45) is 0 Å². The number of carbonyl (C=O) groups is 1. The summed E-state index contributed by atoms with van der Waals surface area (Å²) in [6.07, 6.45) is 1.58. The predicted octanol–water partition coefficient (Wildman–Crippen LogP) is 1.59. The van der Waals surface area contributed by atoms with Gasteiger partial charge < -0.3 is 15.4 Å². The van der Waals surface area contributed by atoms with E-state index in [0.29, 0.717) is 18.7 Å². The lowest BCUT2D eigenvalue weighted by molar-refractivity contribution is -0.121. The Labute approximate surface area is 124 Å². The van der Waals surface area contributed by atoms with E-state index in [1.54, 1.807) is 25.3 Å². The molecule has 1 aromatic carbocycles. The molecule has 4 nitrogen and oxygen atoms in total. The molecule has 1 aliphatic carbocycles. The number of hydrogen-bond acceptors (Lipinski definition) is 3.